The van der Waals surface area contributed by atoms with Crippen molar-refractivity contribution in [2.24, 2.45) is 0 Å². The van der Waals surface area contributed by atoms with Crippen molar-refractivity contribution in [3.63, 3.8) is 0 Å². The normalized spacial score (nSPS) is 16.6. The smallest absolute Gasteiger partial charge is 0.319 e. The Morgan fingerprint density at radius 3 is 2.80 bits per heavy atom. The van der Waals surface area contributed by atoms with E-state index in [1.54, 1.807) is 18.1 Å². The minimum absolute atomic E-state index is 0.0268. The first-order valence-electron chi connectivity index (χ1n) is 7.82. The van der Waals surface area contributed by atoms with Crippen LogP contribution < -0.4 is 20.3 Å². The number of hydrogen-bond acceptors (Lipinski definition) is 3. The van der Waals surface area contributed by atoms with Crippen LogP contribution in [0.15, 0.2) is 53.0 Å². The summed E-state index contributed by atoms with van der Waals surface area (Å²) in [5.74, 6) is 0.662. The number of nitrogens with zero attached hydrogens (tertiary/aromatic N) is 1. The van der Waals surface area contributed by atoms with Gasteiger partial charge < -0.3 is 20.3 Å². The van der Waals surface area contributed by atoms with Crippen molar-refractivity contribution in [3.05, 3.63) is 53.0 Å². The molecule has 0 saturated carbocycles. The van der Waals surface area contributed by atoms with Crippen LogP contribution in [0.2, 0.25) is 0 Å². The Morgan fingerprint density at radius 1 is 1.24 bits per heavy atom. The van der Waals surface area contributed by atoms with Gasteiger partial charge >= 0.3 is 6.03 Å². The van der Waals surface area contributed by atoms with Gasteiger partial charge in [-0.05, 0) is 30.3 Å². The Kier molecular flexibility index (Phi) is 5.23. The lowest BCUT2D eigenvalue weighted by atomic mass is 10.2. The lowest BCUT2D eigenvalue weighted by Crippen LogP contribution is -2.39. The van der Waals surface area contributed by atoms with Gasteiger partial charge in [-0.3, -0.25) is 4.79 Å². The van der Waals surface area contributed by atoms with Gasteiger partial charge in [-0.2, -0.15) is 0 Å². The SMILES string of the molecule is COc1cccc(N2C[C@H](NC(=O)Nc3cccc(Br)c3)CC2=O)c1. The summed E-state index contributed by atoms with van der Waals surface area (Å²) in [6.07, 6.45) is 0.267. The summed E-state index contributed by atoms with van der Waals surface area (Å²) in [4.78, 5) is 26.1. The number of urea groups is 1. The van der Waals surface area contributed by atoms with Crippen LogP contribution >= 0.6 is 15.9 Å². The third-order valence-electron chi connectivity index (χ3n) is 3.91. The summed E-state index contributed by atoms with van der Waals surface area (Å²) >= 11 is 3.36. The first kappa shape index (κ1) is 17.3. The minimum atomic E-state index is -0.330. The highest BCUT2D eigenvalue weighted by atomic mass is 79.9. The summed E-state index contributed by atoms with van der Waals surface area (Å²) in [5.41, 5.74) is 1.45. The second-order valence-electron chi connectivity index (χ2n) is 5.72. The van der Waals surface area contributed by atoms with E-state index in [9.17, 15) is 9.59 Å². The van der Waals surface area contributed by atoms with E-state index in [1.165, 1.54) is 0 Å². The van der Waals surface area contributed by atoms with E-state index < -0.39 is 0 Å². The molecule has 2 N–H and O–H groups in total. The van der Waals surface area contributed by atoms with Crippen molar-refractivity contribution >= 4 is 39.2 Å². The van der Waals surface area contributed by atoms with Gasteiger partial charge in [0.2, 0.25) is 5.91 Å². The molecule has 1 aliphatic rings. The minimum Gasteiger partial charge on any atom is -0.497 e. The highest BCUT2D eigenvalue weighted by molar-refractivity contribution is 9.10. The number of carbonyl (C=O) groups is 2. The summed E-state index contributed by atoms with van der Waals surface area (Å²) in [5, 5.41) is 5.61. The van der Waals surface area contributed by atoms with Gasteiger partial charge in [0.15, 0.2) is 0 Å². The molecule has 0 aliphatic carbocycles. The molecule has 3 amide bonds. The average Bonchev–Trinajstić information content (AvgIpc) is 2.95. The Balaban J connectivity index is 1.61. The first-order valence-corrected chi connectivity index (χ1v) is 8.62. The Hall–Kier alpha value is -2.54. The molecular formula is C18H18BrN3O3. The summed E-state index contributed by atoms with van der Waals surface area (Å²) < 4.78 is 6.08. The van der Waals surface area contributed by atoms with Crippen molar-refractivity contribution in [1.29, 1.82) is 0 Å². The number of anilines is 2. The van der Waals surface area contributed by atoms with E-state index in [1.807, 2.05) is 42.5 Å². The van der Waals surface area contributed by atoms with Gasteiger partial charge in [-0.15, -0.1) is 0 Å². The van der Waals surface area contributed by atoms with E-state index in [0.29, 0.717) is 18.0 Å². The molecule has 25 heavy (non-hydrogen) atoms. The summed E-state index contributed by atoms with van der Waals surface area (Å²) in [6, 6.07) is 14.1. The summed E-state index contributed by atoms with van der Waals surface area (Å²) in [7, 11) is 1.58. The lowest BCUT2D eigenvalue weighted by Gasteiger charge is -2.18. The second kappa shape index (κ2) is 7.57. The zero-order valence-corrected chi connectivity index (χ0v) is 15.2. The molecule has 2 aromatic rings. The van der Waals surface area contributed by atoms with Crippen molar-refractivity contribution in [2.45, 2.75) is 12.5 Å². The molecule has 0 unspecified atom stereocenters. The van der Waals surface area contributed by atoms with E-state index in [2.05, 4.69) is 26.6 Å². The fourth-order valence-electron chi connectivity index (χ4n) is 2.75. The van der Waals surface area contributed by atoms with Crippen molar-refractivity contribution < 1.29 is 14.3 Å². The molecule has 3 rings (SSSR count). The van der Waals surface area contributed by atoms with E-state index >= 15 is 0 Å². The Bertz CT molecular complexity index is 797. The standard InChI is InChI=1S/C18H18BrN3O3/c1-25-16-7-3-6-15(10-16)22-11-14(9-17(22)23)21-18(24)20-13-5-2-4-12(19)8-13/h2-8,10,14H,9,11H2,1H3,(H2,20,21,24)/t14-/m1/s1. The van der Waals surface area contributed by atoms with Crippen LogP contribution in [-0.2, 0) is 4.79 Å². The topological polar surface area (TPSA) is 70.7 Å². The average molecular weight is 404 g/mol. The number of methoxy groups -OCH3 is 1. The highest BCUT2D eigenvalue weighted by Crippen LogP contribution is 2.25. The monoisotopic (exact) mass is 403 g/mol. The van der Waals surface area contributed by atoms with Gasteiger partial charge in [-0.1, -0.05) is 28.1 Å². The molecule has 130 valence electrons. The second-order valence-corrected chi connectivity index (χ2v) is 6.63. The molecule has 1 fully saturated rings. The molecule has 6 nitrogen and oxygen atoms in total. The van der Waals surface area contributed by atoms with Crippen LogP contribution in [-0.4, -0.2) is 31.6 Å². The molecule has 1 atom stereocenters. The van der Waals surface area contributed by atoms with Crippen LogP contribution in [0.1, 0.15) is 6.42 Å². The van der Waals surface area contributed by atoms with Crippen LogP contribution in [0.5, 0.6) is 5.75 Å². The summed E-state index contributed by atoms with van der Waals surface area (Å²) in [6.45, 7) is 0.428. The van der Waals surface area contributed by atoms with Gasteiger partial charge in [0.25, 0.3) is 0 Å². The molecule has 7 heteroatoms. The van der Waals surface area contributed by atoms with Crippen LogP contribution in [0.25, 0.3) is 0 Å². The Morgan fingerprint density at radius 2 is 2.04 bits per heavy atom. The van der Waals surface area contributed by atoms with Gasteiger partial charge in [-0.25, -0.2) is 4.79 Å². The van der Waals surface area contributed by atoms with E-state index in [4.69, 9.17) is 4.74 Å². The zero-order chi connectivity index (χ0) is 17.8. The van der Waals surface area contributed by atoms with Crippen molar-refractivity contribution in [3.8, 4) is 5.75 Å². The molecule has 0 aromatic heterocycles. The Labute approximate surface area is 154 Å². The lowest BCUT2D eigenvalue weighted by molar-refractivity contribution is -0.117. The number of amides is 3. The third kappa shape index (κ3) is 4.30. The number of halogens is 1. The molecule has 1 aliphatic heterocycles. The van der Waals surface area contributed by atoms with Crippen LogP contribution in [0, 0.1) is 0 Å². The predicted octanol–water partition coefficient (Wildman–Crippen LogP) is 3.38. The number of hydrogen-bond donors (Lipinski definition) is 2. The quantitative estimate of drug-likeness (QED) is 0.821. The van der Waals surface area contributed by atoms with Gasteiger partial charge in [0.05, 0.1) is 13.2 Å². The number of rotatable bonds is 4. The predicted molar refractivity (Wildman–Crippen MR) is 100 cm³/mol. The van der Waals surface area contributed by atoms with E-state index in [0.717, 1.165) is 10.2 Å². The fraction of sp³-hybridized carbons (Fsp3) is 0.222. The molecular weight excluding hydrogens is 386 g/mol. The van der Waals surface area contributed by atoms with Crippen LogP contribution in [0.3, 0.4) is 0 Å². The van der Waals surface area contributed by atoms with Gasteiger partial charge in [0, 0.05) is 34.9 Å². The van der Waals surface area contributed by atoms with Crippen molar-refractivity contribution in [1.82, 2.24) is 5.32 Å². The molecule has 1 heterocycles. The van der Waals surface area contributed by atoms with E-state index in [-0.39, 0.29) is 24.4 Å². The maximum Gasteiger partial charge on any atom is 0.319 e. The molecule has 2 aromatic carbocycles. The highest BCUT2D eigenvalue weighted by Gasteiger charge is 2.31. The molecule has 0 bridgehead atoms. The maximum atomic E-state index is 12.3. The molecule has 0 spiro atoms. The van der Waals surface area contributed by atoms with Crippen molar-refractivity contribution in [2.75, 3.05) is 23.9 Å². The number of nitrogens with one attached hydrogen (secondary N) is 2. The zero-order valence-electron chi connectivity index (χ0n) is 13.7. The van der Waals surface area contributed by atoms with Gasteiger partial charge in [0.1, 0.15) is 5.75 Å². The largest absolute Gasteiger partial charge is 0.497 e. The fourth-order valence-corrected chi connectivity index (χ4v) is 3.15. The van der Waals surface area contributed by atoms with Crippen LogP contribution in [0.4, 0.5) is 16.2 Å². The number of ether oxygens (including phenoxy) is 1. The first-order chi connectivity index (χ1) is 12.0. The third-order valence-corrected chi connectivity index (χ3v) is 4.40. The number of benzene rings is 2. The maximum absolute atomic E-state index is 12.3. The molecule has 1 saturated heterocycles. The molecule has 0 radical (unpaired) electrons. The number of carbonyl (C=O) groups excluding carboxylic acids is 2.